The average Bonchev–Trinajstić information content (AvgIpc) is 2.14. The Bertz CT molecular complexity index is 216. The zero-order valence-corrected chi connectivity index (χ0v) is 9.77. The van der Waals surface area contributed by atoms with Gasteiger partial charge in [0, 0.05) is 10.4 Å². The fourth-order valence-electron chi connectivity index (χ4n) is 2.58. The number of allylic oxidation sites excluding steroid dienone is 1. The number of halogens is 1. The second-order valence-electron chi connectivity index (χ2n) is 4.41. The molecule has 1 nitrogen and oxygen atoms in total. The highest BCUT2D eigenvalue weighted by Crippen LogP contribution is 2.44. The van der Waals surface area contributed by atoms with Crippen LogP contribution in [0.4, 0.5) is 0 Å². The molecule has 1 fully saturated rings. The molecule has 1 aliphatic heterocycles. The van der Waals surface area contributed by atoms with Crippen LogP contribution in [0.1, 0.15) is 45.4 Å². The molecule has 0 saturated heterocycles. The summed E-state index contributed by atoms with van der Waals surface area (Å²) >= 11 is 3.51. The molecule has 0 aromatic heterocycles. The molecule has 0 amide bonds. The lowest BCUT2D eigenvalue weighted by molar-refractivity contribution is -0.0646. The predicted molar refractivity (Wildman–Crippen MR) is 57.7 cm³/mol. The van der Waals surface area contributed by atoms with Crippen LogP contribution in [0.3, 0.4) is 0 Å². The molecular formula is C11H17BrO. The van der Waals surface area contributed by atoms with E-state index in [1.165, 1.54) is 36.6 Å². The first-order valence-corrected chi connectivity index (χ1v) is 6.05. The van der Waals surface area contributed by atoms with Crippen molar-refractivity contribution in [3.05, 3.63) is 10.7 Å². The third-order valence-corrected chi connectivity index (χ3v) is 4.03. The second kappa shape index (κ2) is 3.64. The van der Waals surface area contributed by atoms with Crippen LogP contribution >= 0.6 is 15.9 Å². The normalized spacial score (nSPS) is 32.5. The Morgan fingerprint density at radius 3 is 2.69 bits per heavy atom. The van der Waals surface area contributed by atoms with Crippen LogP contribution in [0.2, 0.25) is 0 Å². The minimum absolute atomic E-state index is 0.190. The van der Waals surface area contributed by atoms with Crippen LogP contribution in [0.15, 0.2) is 10.7 Å². The van der Waals surface area contributed by atoms with Gasteiger partial charge in [-0.25, -0.2) is 0 Å². The van der Waals surface area contributed by atoms with Gasteiger partial charge in [0.1, 0.15) is 5.60 Å². The quantitative estimate of drug-likeness (QED) is 0.627. The lowest BCUT2D eigenvalue weighted by Gasteiger charge is -2.43. The molecule has 74 valence electrons. The van der Waals surface area contributed by atoms with Gasteiger partial charge in [-0.05, 0) is 32.1 Å². The van der Waals surface area contributed by atoms with E-state index in [1.807, 2.05) is 6.26 Å². The molecule has 1 unspecified atom stereocenters. The largest absolute Gasteiger partial charge is 0.494 e. The first kappa shape index (κ1) is 9.57. The van der Waals surface area contributed by atoms with Crippen molar-refractivity contribution in [3.63, 3.8) is 0 Å². The topological polar surface area (TPSA) is 9.23 Å². The molecule has 0 aromatic rings. The van der Waals surface area contributed by atoms with Crippen LogP contribution in [-0.4, -0.2) is 5.60 Å². The minimum Gasteiger partial charge on any atom is -0.494 e. The molecule has 0 radical (unpaired) electrons. The van der Waals surface area contributed by atoms with Gasteiger partial charge in [0.15, 0.2) is 0 Å². The Morgan fingerprint density at radius 2 is 2.08 bits per heavy atom. The van der Waals surface area contributed by atoms with Crippen LogP contribution in [0, 0.1) is 5.92 Å². The Balaban J connectivity index is 2.12. The van der Waals surface area contributed by atoms with E-state index in [4.69, 9.17) is 4.74 Å². The lowest BCUT2D eigenvalue weighted by atomic mass is 9.74. The summed E-state index contributed by atoms with van der Waals surface area (Å²) in [7, 11) is 0. The number of ether oxygens (including phenoxy) is 1. The van der Waals surface area contributed by atoms with Crippen LogP contribution in [0.25, 0.3) is 0 Å². The van der Waals surface area contributed by atoms with Gasteiger partial charge in [0.25, 0.3) is 0 Å². The van der Waals surface area contributed by atoms with Crippen molar-refractivity contribution in [3.8, 4) is 0 Å². The van der Waals surface area contributed by atoms with E-state index in [0.717, 1.165) is 6.42 Å². The van der Waals surface area contributed by atoms with E-state index >= 15 is 0 Å². The van der Waals surface area contributed by atoms with Gasteiger partial charge >= 0.3 is 0 Å². The fourth-order valence-corrected chi connectivity index (χ4v) is 3.16. The molecular weight excluding hydrogens is 228 g/mol. The Labute approximate surface area is 88.7 Å². The van der Waals surface area contributed by atoms with Crippen molar-refractivity contribution in [2.45, 2.75) is 51.0 Å². The maximum absolute atomic E-state index is 5.92. The molecule has 0 bridgehead atoms. The summed E-state index contributed by atoms with van der Waals surface area (Å²) in [6.07, 6.45) is 9.66. The lowest BCUT2D eigenvalue weighted by Crippen LogP contribution is -2.42. The maximum atomic E-state index is 5.92. The summed E-state index contributed by atoms with van der Waals surface area (Å²) in [6, 6.07) is 0. The summed E-state index contributed by atoms with van der Waals surface area (Å²) in [6.45, 7) is 2.32. The number of rotatable bonds is 0. The minimum atomic E-state index is 0.190. The van der Waals surface area contributed by atoms with Gasteiger partial charge in [-0.1, -0.05) is 29.3 Å². The first-order valence-electron chi connectivity index (χ1n) is 5.25. The molecule has 2 aliphatic rings. The van der Waals surface area contributed by atoms with Crippen LogP contribution in [0.5, 0.6) is 0 Å². The summed E-state index contributed by atoms with van der Waals surface area (Å²) in [5.41, 5.74) is 0.190. The maximum Gasteiger partial charge on any atom is 0.111 e. The van der Waals surface area contributed by atoms with Gasteiger partial charge in [-0.3, -0.25) is 0 Å². The highest BCUT2D eigenvalue weighted by atomic mass is 79.9. The van der Waals surface area contributed by atoms with Crippen molar-refractivity contribution in [2.24, 2.45) is 5.92 Å². The first-order chi connectivity index (χ1) is 6.23. The summed E-state index contributed by atoms with van der Waals surface area (Å²) in [5, 5.41) is 0. The molecule has 2 heteroatoms. The highest BCUT2D eigenvalue weighted by molar-refractivity contribution is 9.11. The molecule has 1 saturated carbocycles. The molecule has 13 heavy (non-hydrogen) atoms. The van der Waals surface area contributed by atoms with Crippen LogP contribution < -0.4 is 0 Å². The highest BCUT2D eigenvalue weighted by Gasteiger charge is 2.40. The van der Waals surface area contributed by atoms with Gasteiger partial charge in [0.2, 0.25) is 0 Å². The van der Waals surface area contributed by atoms with Gasteiger partial charge < -0.3 is 4.74 Å². The van der Waals surface area contributed by atoms with E-state index in [2.05, 4.69) is 22.9 Å². The Hall–Kier alpha value is 0.0200. The molecule has 2 rings (SSSR count). The molecule has 1 spiro atoms. The average molecular weight is 245 g/mol. The summed E-state index contributed by atoms with van der Waals surface area (Å²) in [5.74, 6) is 0.673. The Morgan fingerprint density at radius 1 is 1.38 bits per heavy atom. The zero-order chi connectivity index (χ0) is 9.31. The SMILES string of the molecule is CC1CC(Br)=COC12CCCCC2. The summed E-state index contributed by atoms with van der Waals surface area (Å²) < 4.78 is 7.14. The molecule has 0 N–H and O–H groups in total. The van der Waals surface area contributed by atoms with Crippen molar-refractivity contribution in [2.75, 3.05) is 0 Å². The fraction of sp³-hybridized carbons (Fsp3) is 0.818. The van der Waals surface area contributed by atoms with E-state index in [-0.39, 0.29) is 5.60 Å². The van der Waals surface area contributed by atoms with E-state index in [1.54, 1.807) is 0 Å². The third kappa shape index (κ3) is 1.78. The zero-order valence-electron chi connectivity index (χ0n) is 8.18. The third-order valence-electron chi connectivity index (χ3n) is 3.52. The Kier molecular flexibility index (Phi) is 2.68. The van der Waals surface area contributed by atoms with Crippen molar-refractivity contribution in [1.82, 2.24) is 0 Å². The molecule has 1 atom stereocenters. The number of hydrogen-bond acceptors (Lipinski definition) is 1. The van der Waals surface area contributed by atoms with E-state index in [0.29, 0.717) is 5.92 Å². The van der Waals surface area contributed by atoms with Crippen molar-refractivity contribution < 1.29 is 4.74 Å². The van der Waals surface area contributed by atoms with E-state index < -0.39 is 0 Å². The second-order valence-corrected chi connectivity index (χ2v) is 5.43. The van der Waals surface area contributed by atoms with Gasteiger partial charge in [-0.15, -0.1) is 0 Å². The smallest absolute Gasteiger partial charge is 0.111 e. The van der Waals surface area contributed by atoms with Crippen molar-refractivity contribution >= 4 is 15.9 Å². The van der Waals surface area contributed by atoms with Crippen LogP contribution in [-0.2, 0) is 4.74 Å². The molecule has 1 aliphatic carbocycles. The monoisotopic (exact) mass is 244 g/mol. The predicted octanol–water partition coefficient (Wildman–Crippen LogP) is 3.98. The van der Waals surface area contributed by atoms with E-state index in [9.17, 15) is 0 Å². The summed E-state index contributed by atoms with van der Waals surface area (Å²) in [4.78, 5) is 0. The molecule has 1 heterocycles. The standard InChI is InChI=1S/C11H17BrO/c1-9-7-10(12)8-13-11(9)5-3-2-4-6-11/h8-9H,2-7H2,1H3. The van der Waals surface area contributed by atoms with Crippen molar-refractivity contribution in [1.29, 1.82) is 0 Å². The molecule has 0 aromatic carbocycles. The number of hydrogen-bond donors (Lipinski definition) is 0. The van der Waals surface area contributed by atoms with Gasteiger partial charge in [-0.2, -0.15) is 0 Å². The van der Waals surface area contributed by atoms with Gasteiger partial charge in [0.05, 0.1) is 6.26 Å².